The molecule has 0 saturated carbocycles. The maximum Gasteiger partial charge on any atom is 0.311 e. The number of methoxy groups -OCH3 is 1. The van der Waals surface area contributed by atoms with Crippen LogP contribution in [-0.2, 0) is 0 Å². The van der Waals surface area contributed by atoms with Crippen molar-refractivity contribution in [3.8, 4) is 5.95 Å². The third-order valence-corrected chi connectivity index (χ3v) is 2.91. The number of ether oxygens (including phenoxy) is 1. The summed E-state index contributed by atoms with van der Waals surface area (Å²) in [5, 5.41) is 6.48. The van der Waals surface area contributed by atoms with E-state index < -0.39 is 0 Å². The van der Waals surface area contributed by atoms with Gasteiger partial charge in [-0.15, -0.1) is 0 Å². The summed E-state index contributed by atoms with van der Waals surface area (Å²) in [6.45, 7) is 7.08. The van der Waals surface area contributed by atoms with E-state index in [1.807, 2.05) is 0 Å². The van der Waals surface area contributed by atoms with Crippen LogP contribution in [0.3, 0.4) is 0 Å². The second kappa shape index (κ2) is 6.27. The lowest BCUT2D eigenvalue weighted by molar-refractivity contribution is 0.0933. The molecule has 1 aromatic rings. The van der Waals surface area contributed by atoms with Crippen molar-refractivity contribution in [3.63, 3.8) is 0 Å². The molecule has 0 aliphatic heterocycles. The lowest BCUT2D eigenvalue weighted by Gasteiger charge is -2.18. The zero-order valence-corrected chi connectivity index (χ0v) is 10.8. The number of nitrogens with one attached hydrogen (secondary N) is 1. The van der Waals surface area contributed by atoms with E-state index in [1.165, 1.54) is 13.2 Å². The Kier molecular flexibility index (Phi) is 5.00. The third kappa shape index (κ3) is 3.76. The molecule has 5 heteroatoms. The number of nitrogens with zero attached hydrogens (tertiary/aromatic N) is 1. The monoisotopic (exact) mass is 240 g/mol. The Labute approximate surface area is 102 Å². The highest BCUT2D eigenvalue weighted by atomic mass is 16.6. The first-order valence-corrected chi connectivity index (χ1v) is 5.87. The maximum absolute atomic E-state index is 11.7. The number of hydrogen-bond donors (Lipinski definition) is 1. The van der Waals surface area contributed by atoms with Gasteiger partial charge < -0.3 is 14.6 Å². The molecule has 0 radical (unpaired) electrons. The number of carbonyl (C=O) groups is 1. The van der Waals surface area contributed by atoms with Gasteiger partial charge in [-0.2, -0.15) is 0 Å². The largest absolute Gasteiger partial charge is 0.467 e. The van der Waals surface area contributed by atoms with Crippen LogP contribution in [-0.4, -0.2) is 24.7 Å². The first-order chi connectivity index (χ1) is 8.08. The standard InChI is InChI=1S/C12H20N2O3/c1-5-9(8(2)3)7-13-12(15)10-6-11(16-4)17-14-10/h6,8-9H,5,7H2,1-4H3,(H,13,15). The quantitative estimate of drug-likeness (QED) is 0.827. The smallest absolute Gasteiger partial charge is 0.311 e. The first kappa shape index (κ1) is 13.5. The molecular weight excluding hydrogens is 220 g/mol. The molecular formula is C12H20N2O3. The minimum Gasteiger partial charge on any atom is -0.467 e. The molecule has 1 unspecified atom stereocenters. The highest BCUT2D eigenvalue weighted by molar-refractivity contribution is 5.92. The van der Waals surface area contributed by atoms with Gasteiger partial charge in [0, 0.05) is 6.54 Å². The second-order valence-electron chi connectivity index (χ2n) is 4.36. The van der Waals surface area contributed by atoms with Crippen LogP contribution in [0, 0.1) is 11.8 Å². The van der Waals surface area contributed by atoms with Crippen molar-refractivity contribution in [2.45, 2.75) is 27.2 Å². The Hall–Kier alpha value is -1.52. The van der Waals surface area contributed by atoms with Crippen molar-refractivity contribution in [3.05, 3.63) is 11.8 Å². The van der Waals surface area contributed by atoms with Gasteiger partial charge in [0.15, 0.2) is 5.69 Å². The van der Waals surface area contributed by atoms with Crippen LogP contribution in [0.4, 0.5) is 0 Å². The fourth-order valence-electron chi connectivity index (χ4n) is 1.63. The van der Waals surface area contributed by atoms with E-state index in [9.17, 15) is 4.79 Å². The van der Waals surface area contributed by atoms with E-state index in [2.05, 4.69) is 31.2 Å². The van der Waals surface area contributed by atoms with E-state index in [-0.39, 0.29) is 17.5 Å². The summed E-state index contributed by atoms with van der Waals surface area (Å²) in [5.41, 5.74) is 0.250. The Balaban J connectivity index is 2.49. The SMILES string of the molecule is CCC(CNC(=O)c1cc(OC)on1)C(C)C. The molecule has 0 saturated heterocycles. The average Bonchev–Trinajstić information content (AvgIpc) is 2.77. The van der Waals surface area contributed by atoms with Crippen LogP contribution < -0.4 is 10.1 Å². The highest BCUT2D eigenvalue weighted by Gasteiger charge is 2.16. The molecule has 1 heterocycles. The topological polar surface area (TPSA) is 64.4 Å². The molecule has 96 valence electrons. The van der Waals surface area contributed by atoms with Gasteiger partial charge in [-0.05, 0) is 11.8 Å². The minimum absolute atomic E-state index is 0.226. The van der Waals surface area contributed by atoms with Crippen molar-refractivity contribution >= 4 is 5.91 Å². The summed E-state index contributed by atoms with van der Waals surface area (Å²) in [6, 6.07) is 1.48. The van der Waals surface area contributed by atoms with Gasteiger partial charge in [-0.3, -0.25) is 4.79 Å². The molecule has 1 aromatic heterocycles. The van der Waals surface area contributed by atoms with Crippen molar-refractivity contribution in [2.24, 2.45) is 11.8 Å². The normalized spacial score (nSPS) is 12.5. The number of hydrogen-bond acceptors (Lipinski definition) is 4. The van der Waals surface area contributed by atoms with Crippen LogP contribution in [0.1, 0.15) is 37.7 Å². The van der Waals surface area contributed by atoms with E-state index in [4.69, 9.17) is 9.26 Å². The molecule has 1 rings (SSSR count). The highest BCUT2D eigenvalue weighted by Crippen LogP contribution is 2.14. The Morgan fingerprint density at radius 2 is 2.29 bits per heavy atom. The van der Waals surface area contributed by atoms with Gasteiger partial charge >= 0.3 is 5.95 Å². The fraction of sp³-hybridized carbons (Fsp3) is 0.667. The summed E-state index contributed by atoms with van der Waals surface area (Å²) < 4.78 is 9.60. The zero-order valence-electron chi connectivity index (χ0n) is 10.8. The van der Waals surface area contributed by atoms with E-state index >= 15 is 0 Å². The molecule has 5 nitrogen and oxygen atoms in total. The molecule has 17 heavy (non-hydrogen) atoms. The minimum atomic E-state index is -0.226. The molecule has 0 bridgehead atoms. The van der Waals surface area contributed by atoms with E-state index in [1.54, 1.807) is 0 Å². The summed E-state index contributed by atoms with van der Waals surface area (Å²) in [4.78, 5) is 11.7. The second-order valence-corrected chi connectivity index (χ2v) is 4.36. The molecule has 1 amide bonds. The third-order valence-electron chi connectivity index (χ3n) is 2.91. The Bertz CT molecular complexity index is 360. The summed E-state index contributed by atoms with van der Waals surface area (Å²) in [6.07, 6.45) is 1.04. The van der Waals surface area contributed by atoms with Crippen molar-refractivity contribution in [1.29, 1.82) is 0 Å². The van der Waals surface area contributed by atoms with Gasteiger partial charge in [-0.1, -0.05) is 32.3 Å². The van der Waals surface area contributed by atoms with Crippen molar-refractivity contribution in [1.82, 2.24) is 10.5 Å². The first-order valence-electron chi connectivity index (χ1n) is 5.87. The Morgan fingerprint density at radius 3 is 2.76 bits per heavy atom. The molecule has 0 aliphatic rings. The average molecular weight is 240 g/mol. The van der Waals surface area contributed by atoms with Crippen LogP contribution in [0.5, 0.6) is 5.95 Å². The summed E-state index contributed by atoms with van der Waals surface area (Å²) in [5.74, 6) is 1.04. The predicted molar refractivity (Wildman–Crippen MR) is 64.0 cm³/mol. The van der Waals surface area contributed by atoms with Crippen LogP contribution >= 0.6 is 0 Å². The van der Waals surface area contributed by atoms with Crippen molar-refractivity contribution < 1.29 is 14.1 Å². The van der Waals surface area contributed by atoms with Crippen LogP contribution in [0.25, 0.3) is 0 Å². The van der Waals surface area contributed by atoms with Gasteiger partial charge in [0.25, 0.3) is 5.91 Å². The van der Waals surface area contributed by atoms with Crippen molar-refractivity contribution in [2.75, 3.05) is 13.7 Å². The maximum atomic E-state index is 11.7. The fourth-order valence-corrected chi connectivity index (χ4v) is 1.63. The lowest BCUT2D eigenvalue weighted by atomic mass is 9.93. The van der Waals surface area contributed by atoms with Gasteiger partial charge in [0.1, 0.15) is 0 Å². The lowest BCUT2D eigenvalue weighted by Crippen LogP contribution is -2.31. The summed E-state index contributed by atoms with van der Waals surface area (Å²) >= 11 is 0. The van der Waals surface area contributed by atoms with Gasteiger partial charge in [0.2, 0.25) is 0 Å². The number of rotatable bonds is 6. The van der Waals surface area contributed by atoms with Crippen LogP contribution in [0.15, 0.2) is 10.6 Å². The number of amides is 1. The molecule has 0 fully saturated rings. The number of carbonyl (C=O) groups excluding carboxylic acids is 1. The molecule has 1 atom stereocenters. The van der Waals surface area contributed by atoms with Gasteiger partial charge in [-0.25, -0.2) is 0 Å². The molecule has 0 spiro atoms. The zero-order chi connectivity index (χ0) is 12.8. The molecule has 0 aliphatic carbocycles. The Morgan fingerprint density at radius 1 is 1.59 bits per heavy atom. The molecule has 1 N–H and O–H groups in total. The van der Waals surface area contributed by atoms with Crippen LogP contribution in [0.2, 0.25) is 0 Å². The van der Waals surface area contributed by atoms with Gasteiger partial charge in [0.05, 0.1) is 13.2 Å². The van der Waals surface area contributed by atoms with E-state index in [0.717, 1.165) is 6.42 Å². The predicted octanol–water partition coefficient (Wildman–Crippen LogP) is 2.10. The molecule has 0 aromatic carbocycles. The summed E-state index contributed by atoms with van der Waals surface area (Å²) in [7, 11) is 1.47. The van der Waals surface area contributed by atoms with E-state index in [0.29, 0.717) is 18.4 Å². The number of aromatic nitrogens is 1.